The molecule has 2 aromatic rings. The van der Waals surface area contributed by atoms with E-state index >= 15 is 0 Å². The molecule has 1 aliphatic heterocycles. The Morgan fingerprint density at radius 1 is 1.24 bits per heavy atom. The lowest BCUT2D eigenvalue weighted by atomic mass is 9.97. The zero-order chi connectivity index (χ0) is 14.8. The van der Waals surface area contributed by atoms with Crippen LogP contribution in [0.15, 0.2) is 34.7 Å². The predicted molar refractivity (Wildman–Crippen MR) is 76.9 cm³/mol. The topological polar surface area (TPSA) is 59.8 Å². The third-order valence-corrected chi connectivity index (χ3v) is 3.95. The zero-order valence-corrected chi connectivity index (χ0v) is 11.9. The zero-order valence-electron chi connectivity index (χ0n) is 11.9. The Kier molecular flexibility index (Phi) is 3.64. The number of benzene rings is 1. The summed E-state index contributed by atoms with van der Waals surface area (Å²) in [7, 11) is 1.40. The number of amides is 1. The number of furan rings is 1. The summed E-state index contributed by atoms with van der Waals surface area (Å²) < 4.78 is 10.3. The first kappa shape index (κ1) is 13.7. The molecule has 0 N–H and O–H groups in total. The molecule has 0 saturated carbocycles. The average molecular weight is 287 g/mol. The summed E-state index contributed by atoms with van der Waals surface area (Å²) in [4.78, 5) is 25.7. The number of ether oxygens (including phenoxy) is 1. The highest BCUT2D eigenvalue weighted by atomic mass is 16.5. The van der Waals surface area contributed by atoms with Crippen LogP contribution >= 0.6 is 0 Å². The van der Waals surface area contributed by atoms with Gasteiger partial charge in [-0.2, -0.15) is 0 Å². The predicted octanol–water partition coefficient (Wildman–Crippen LogP) is 2.46. The second-order valence-electron chi connectivity index (χ2n) is 5.24. The van der Waals surface area contributed by atoms with E-state index in [9.17, 15) is 9.59 Å². The lowest BCUT2D eigenvalue weighted by molar-refractivity contribution is -0.146. The van der Waals surface area contributed by atoms with E-state index in [0.717, 1.165) is 5.39 Å². The molecule has 1 fully saturated rings. The van der Waals surface area contributed by atoms with Gasteiger partial charge in [0.05, 0.1) is 13.0 Å². The fourth-order valence-electron chi connectivity index (χ4n) is 2.73. The Bertz CT molecular complexity index is 635. The Morgan fingerprint density at radius 2 is 1.95 bits per heavy atom. The molecule has 0 atom stereocenters. The lowest BCUT2D eigenvalue weighted by Gasteiger charge is -2.29. The molecule has 0 aliphatic carbocycles. The highest BCUT2D eigenvalue weighted by Crippen LogP contribution is 2.23. The van der Waals surface area contributed by atoms with Crippen molar-refractivity contribution < 1.29 is 18.7 Å². The summed E-state index contributed by atoms with van der Waals surface area (Å²) in [5, 5.41) is 0.922. The summed E-state index contributed by atoms with van der Waals surface area (Å²) in [5.41, 5.74) is 0.713. The number of rotatable bonds is 2. The molecular weight excluding hydrogens is 270 g/mol. The van der Waals surface area contributed by atoms with Crippen LogP contribution in [0.4, 0.5) is 0 Å². The molecule has 0 spiro atoms. The number of likely N-dealkylation sites (tertiary alicyclic amines) is 1. The maximum Gasteiger partial charge on any atom is 0.308 e. The normalized spacial score (nSPS) is 16.1. The highest BCUT2D eigenvalue weighted by molar-refractivity contribution is 5.96. The van der Waals surface area contributed by atoms with Gasteiger partial charge < -0.3 is 14.1 Å². The molecule has 21 heavy (non-hydrogen) atoms. The molecule has 2 heterocycles. The second-order valence-corrected chi connectivity index (χ2v) is 5.24. The van der Waals surface area contributed by atoms with E-state index in [1.807, 2.05) is 24.3 Å². The monoisotopic (exact) mass is 287 g/mol. The number of carbonyl (C=O) groups is 2. The molecule has 110 valence electrons. The quantitative estimate of drug-likeness (QED) is 0.796. The van der Waals surface area contributed by atoms with E-state index < -0.39 is 0 Å². The van der Waals surface area contributed by atoms with Gasteiger partial charge in [-0.05, 0) is 25.0 Å². The maximum absolute atomic E-state index is 12.4. The van der Waals surface area contributed by atoms with E-state index in [4.69, 9.17) is 9.15 Å². The van der Waals surface area contributed by atoms with Crippen molar-refractivity contribution in [2.75, 3.05) is 20.2 Å². The number of fused-ring (bicyclic) bond motifs is 1. The Morgan fingerprint density at radius 3 is 2.62 bits per heavy atom. The number of nitrogens with zero attached hydrogens (tertiary/aromatic N) is 1. The summed E-state index contributed by atoms with van der Waals surface area (Å²) >= 11 is 0. The number of hydrogen-bond acceptors (Lipinski definition) is 4. The third-order valence-electron chi connectivity index (χ3n) is 3.95. The van der Waals surface area contributed by atoms with Crippen molar-refractivity contribution in [3.63, 3.8) is 0 Å². The molecule has 1 amide bonds. The van der Waals surface area contributed by atoms with Gasteiger partial charge in [0, 0.05) is 18.5 Å². The van der Waals surface area contributed by atoms with E-state index in [1.165, 1.54) is 7.11 Å². The van der Waals surface area contributed by atoms with Gasteiger partial charge in [0.15, 0.2) is 5.76 Å². The molecule has 0 unspecified atom stereocenters. The van der Waals surface area contributed by atoms with Crippen LogP contribution in [-0.2, 0) is 9.53 Å². The molecule has 1 saturated heterocycles. The smallest absolute Gasteiger partial charge is 0.308 e. The number of hydrogen-bond donors (Lipinski definition) is 0. The molecular formula is C16H17NO4. The Labute approximate surface area is 122 Å². The first-order valence-corrected chi connectivity index (χ1v) is 7.04. The molecule has 3 rings (SSSR count). The maximum atomic E-state index is 12.4. The summed E-state index contributed by atoms with van der Waals surface area (Å²) in [6, 6.07) is 9.31. The van der Waals surface area contributed by atoms with Gasteiger partial charge in [-0.3, -0.25) is 9.59 Å². The molecule has 5 nitrogen and oxygen atoms in total. The van der Waals surface area contributed by atoms with E-state index in [2.05, 4.69) is 0 Å². The van der Waals surface area contributed by atoms with Gasteiger partial charge in [0.25, 0.3) is 5.91 Å². The SMILES string of the molecule is COC(=O)C1CCN(C(=O)c2cc3ccccc3o2)CC1. The number of piperidine rings is 1. The molecule has 1 aliphatic rings. The van der Waals surface area contributed by atoms with Gasteiger partial charge in [-0.25, -0.2) is 0 Å². The van der Waals surface area contributed by atoms with Crippen molar-refractivity contribution in [3.8, 4) is 0 Å². The largest absolute Gasteiger partial charge is 0.469 e. The van der Waals surface area contributed by atoms with Gasteiger partial charge in [0.2, 0.25) is 0 Å². The van der Waals surface area contributed by atoms with Crippen LogP contribution < -0.4 is 0 Å². The van der Waals surface area contributed by atoms with Crippen molar-refractivity contribution in [1.29, 1.82) is 0 Å². The van der Waals surface area contributed by atoms with Crippen LogP contribution in [0.5, 0.6) is 0 Å². The van der Waals surface area contributed by atoms with E-state index in [-0.39, 0.29) is 17.8 Å². The molecule has 1 aromatic carbocycles. The number of carbonyl (C=O) groups excluding carboxylic acids is 2. The van der Waals surface area contributed by atoms with Gasteiger partial charge in [-0.15, -0.1) is 0 Å². The minimum Gasteiger partial charge on any atom is -0.469 e. The van der Waals surface area contributed by atoms with Crippen LogP contribution in [-0.4, -0.2) is 37.0 Å². The van der Waals surface area contributed by atoms with Crippen molar-refractivity contribution in [2.24, 2.45) is 5.92 Å². The van der Waals surface area contributed by atoms with Gasteiger partial charge in [0.1, 0.15) is 5.58 Å². The van der Waals surface area contributed by atoms with Crippen molar-refractivity contribution in [2.45, 2.75) is 12.8 Å². The van der Waals surface area contributed by atoms with Crippen LogP contribution in [0, 0.1) is 5.92 Å². The van der Waals surface area contributed by atoms with Crippen molar-refractivity contribution >= 4 is 22.8 Å². The van der Waals surface area contributed by atoms with Gasteiger partial charge >= 0.3 is 5.97 Å². The summed E-state index contributed by atoms with van der Waals surface area (Å²) in [6.07, 6.45) is 1.28. The lowest BCUT2D eigenvalue weighted by Crippen LogP contribution is -2.40. The number of para-hydroxylation sites is 1. The first-order valence-electron chi connectivity index (χ1n) is 7.04. The molecule has 0 bridgehead atoms. The van der Waals surface area contributed by atoms with E-state index in [1.54, 1.807) is 11.0 Å². The fraction of sp³-hybridized carbons (Fsp3) is 0.375. The second kappa shape index (κ2) is 5.60. The van der Waals surface area contributed by atoms with Crippen LogP contribution in [0.1, 0.15) is 23.4 Å². The molecule has 5 heteroatoms. The number of esters is 1. The van der Waals surface area contributed by atoms with Crippen LogP contribution in [0.3, 0.4) is 0 Å². The van der Waals surface area contributed by atoms with Crippen molar-refractivity contribution in [1.82, 2.24) is 4.90 Å². The van der Waals surface area contributed by atoms with Gasteiger partial charge in [-0.1, -0.05) is 18.2 Å². The Hall–Kier alpha value is -2.30. The average Bonchev–Trinajstić information content (AvgIpc) is 2.97. The molecule has 1 aromatic heterocycles. The third kappa shape index (κ3) is 2.63. The standard InChI is InChI=1S/C16H17NO4/c1-20-16(19)11-6-8-17(9-7-11)15(18)14-10-12-4-2-3-5-13(12)21-14/h2-5,10-11H,6-9H2,1H3. The van der Waals surface area contributed by atoms with E-state index in [0.29, 0.717) is 37.3 Å². The molecule has 0 radical (unpaired) electrons. The highest BCUT2D eigenvalue weighted by Gasteiger charge is 2.29. The van der Waals surface area contributed by atoms with Crippen molar-refractivity contribution in [3.05, 3.63) is 36.1 Å². The fourth-order valence-corrected chi connectivity index (χ4v) is 2.73. The number of methoxy groups -OCH3 is 1. The van der Waals surface area contributed by atoms with Crippen LogP contribution in [0.25, 0.3) is 11.0 Å². The first-order chi connectivity index (χ1) is 10.2. The minimum atomic E-state index is -0.189. The summed E-state index contributed by atoms with van der Waals surface area (Å²) in [6.45, 7) is 1.10. The van der Waals surface area contributed by atoms with Crippen LogP contribution in [0.2, 0.25) is 0 Å². The summed E-state index contributed by atoms with van der Waals surface area (Å²) in [5.74, 6) is -0.0530. The Balaban J connectivity index is 1.70. The minimum absolute atomic E-state index is 0.102.